The highest BCUT2D eigenvalue weighted by molar-refractivity contribution is 7.59. The van der Waals surface area contributed by atoms with Crippen molar-refractivity contribution < 1.29 is 47.4 Å². The van der Waals surface area contributed by atoms with Gasteiger partial charge in [0.15, 0.2) is 11.6 Å². The number of nitrogens with one attached hydrogen (secondary N) is 1. The van der Waals surface area contributed by atoms with Crippen molar-refractivity contribution in [2.75, 3.05) is 40.5 Å². The van der Waals surface area contributed by atoms with Crippen LogP contribution in [-0.4, -0.2) is 94.5 Å². The highest BCUT2D eigenvalue weighted by atomic mass is 35.5. The van der Waals surface area contributed by atoms with Crippen molar-refractivity contribution in [3.8, 4) is 5.75 Å². The lowest BCUT2D eigenvalue weighted by Crippen LogP contribution is -2.41. The number of aromatic nitrogens is 2. The van der Waals surface area contributed by atoms with Crippen LogP contribution in [0.2, 0.25) is 5.02 Å². The number of nitro groups is 1. The number of aliphatic hydroxyl groups excluding tert-OH is 2. The molecule has 0 bridgehead atoms. The average molecular weight is 965 g/mol. The zero-order valence-electron chi connectivity index (χ0n) is 36.2. The summed E-state index contributed by atoms with van der Waals surface area (Å²) in [5.41, 5.74) is 2.38. The van der Waals surface area contributed by atoms with Crippen LogP contribution >= 0.6 is 38.6 Å². The highest BCUT2D eigenvalue weighted by Crippen LogP contribution is 2.22. The van der Waals surface area contributed by atoms with Gasteiger partial charge in [0.1, 0.15) is 11.6 Å². The molecular weight excluding hydrogens is 907 g/mol. The van der Waals surface area contributed by atoms with E-state index in [2.05, 4.69) is 15.3 Å². The van der Waals surface area contributed by atoms with Gasteiger partial charge in [0.25, 0.3) is 5.69 Å². The molecule has 1 saturated heterocycles. The molecule has 0 spiro atoms. The summed E-state index contributed by atoms with van der Waals surface area (Å²) >= 11 is 5.91. The summed E-state index contributed by atoms with van der Waals surface area (Å²) < 4.78 is 49.7. The summed E-state index contributed by atoms with van der Waals surface area (Å²) in [6.45, 7) is 1.99. The molecule has 19 heteroatoms. The van der Waals surface area contributed by atoms with Gasteiger partial charge in [-0.05, 0) is 92.4 Å². The van der Waals surface area contributed by atoms with E-state index in [1.807, 2.05) is 43.4 Å². The van der Waals surface area contributed by atoms with Crippen LogP contribution in [-0.2, 0) is 40.0 Å². The number of amides is 1. The summed E-state index contributed by atoms with van der Waals surface area (Å²) in [7, 11) is 3.49. The van der Waals surface area contributed by atoms with Gasteiger partial charge >= 0.3 is 5.97 Å². The van der Waals surface area contributed by atoms with E-state index in [0.717, 1.165) is 37.1 Å². The Labute approximate surface area is 396 Å². The molecule has 0 saturated carbocycles. The van der Waals surface area contributed by atoms with Crippen LogP contribution in [0, 0.1) is 27.6 Å². The fourth-order valence-electron chi connectivity index (χ4n) is 5.78. The number of hydrogen-bond acceptors (Lipinski definition) is 11. The molecule has 0 radical (unpaired) electrons. The van der Waals surface area contributed by atoms with E-state index in [9.17, 15) is 38.0 Å². The molecule has 5 aromatic rings. The summed E-state index contributed by atoms with van der Waals surface area (Å²) in [5.74, 6) is -3.07. The van der Waals surface area contributed by atoms with Crippen molar-refractivity contribution in [3.05, 3.63) is 165 Å². The van der Waals surface area contributed by atoms with Gasteiger partial charge in [0.2, 0.25) is 5.91 Å². The van der Waals surface area contributed by atoms with Crippen LogP contribution in [0.1, 0.15) is 48.2 Å². The van der Waals surface area contributed by atoms with Crippen LogP contribution < -0.4 is 10.1 Å². The minimum atomic E-state index is -0.981. The van der Waals surface area contributed by atoms with Crippen molar-refractivity contribution in [2.24, 2.45) is 0 Å². The summed E-state index contributed by atoms with van der Waals surface area (Å²) in [4.78, 5) is 43.8. The van der Waals surface area contributed by atoms with Crippen molar-refractivity contribution in [1.82, 2.24) is 20.2 Å². The third-order valence-corrected chi connectivity index (χ3v) is 9.93. The number of aliphatic hydroxyl groups is 2. The predicted molar refractivity (Wildman–Crippen MR) is 253 cm³/mol. The summed E-state index contributed by atoms with van der Waals surface area (Å²) in [5, 5.41) is 32.0. The molecule has 2 atom stereocenters. The van der Waals surface area contributed by atoms with Crippen molar-refractivity contribution in [2.45, 2.75) is 63.5 Å². The maximum Gasteiger partial charge on any atom is 0.311 e. The van der Waals surface area contributed by atoms with E-state index in [0.29, 0.717) is 18.4 Å². The maximum absolute atomic E-state index is 13.4. The number of carbonyl (C=O) groups is 2. The first-order valence-electron chi connectivity index (χ1n) is 20.2. The van der Waals surface area contributed by atoms with Gasteiger partial charge in [0, 0.05) is 81.5 Å². The van der Waals surface area contributed by atoms with E-state index >= 15 is 0 Å². The first-order chi connectivity index (χ1) is 30.4. The third kappa shape index (κ3) is 21.6. The number of esters is 1. The molecule has 0 aliphatic carbocycles. The lowest BCUT2D eigenvalue weighted by Gasteiger charge is -2.26. The normalized spacial score (nSPS) is 12.1. The van der Waals surface area contributed by atoms with E-state index in [4.69, 9.17) is 26.2 Å². The molecule has 1 fully saturated rings. The molecule has 354 valence electrons. The average Bonchev–Trinajstić information content (AvgIpc) is 3.90. The number of halogens is 4. The molecular formula is C46H57ClF3N5O8S2. The predicted octanol–water partition coefficient (Wildman–Crippen LogP) is 7.51. The molecule has 1 amide bonds. The number of carbonyl (C=O) groups excluding carboxylic acids is 2. The number of nitro benzene ring substituents is 1. The summed E-state index contributed by atoms with van der Waals surface area (Å²) in [6.07, 6.45) is 7.64. The second kappa shape index (κ2) is 32.6. The zero-order chi connectivity index (χ0) is 46.0. The Hall–Kier alpha value is -5.08. The van der Waals surface area contributed by atoms with Crippen molar-refractivity contribution in [1.29, 1.82) is 0 Å². The standard InChI is InChI=1S/C18H20ClFN2O2.C15H11F2NO4.C9H14N2O.C4H8O.2H2S/c1-22(15(12-23)11-14-6-2-3-10-21-14)17(24)9-8-13-5-4-7-16(20)18(13)19;16-13-3-1-2-10(15(13)17)4-9-14(19)22-12-7-5-11(6-8-12)18(20)21;1-10-9(7-12)6-8-4-2-3-5-11-8;1-2-4-5-3-1;;/h2-7,10,15,23H,8-9,11-12H2,1H3;1-3,5-8H,4,9H2;2-5,9-10,12H,6-7H2,1H3;1-4H2;2*1H2/t15-;;9-;;;/m0.0.../s1. The number of nitrogens with zero attached hydrogens (tertiary/aromatic N) is 4. The van der Waals surface area contributed by atoms with Crippen molar-refractivity contribution in [3.63, 3.8) is 0 Å². The van der Waals surface area contributed by atoms with Gasteiger partial charge in [-0.15, -0.1) is 0 Å². The topological polar surface area (TPSA) is 177 Å². The molecule has 65 heavy (non-hydrogen) atoms. The number of pyridine rings is 2. The number of aryl methyl sites for hydroxylation is 2. The molecule has 3 heterocycles. The zero-order valence-corrected chi connectivity index (χ0v) is 38.9. The second-order valence-corrected chi connectivity index (χ2v) is 14.4. The molecule has 1 aliphatic rings. The van der Waals surface area contributed by atoms with E-state index in [1.165, 1.54) is 60.2 Å². The van der Waals surface area contributed by atoms with Crippen molar-refractivity contribution >= 4 is 56.2 Å². The Morgan fingerprint density at radius 3 is 1.89 bits per heavy atom. The Balaban J connectivity index is 0.000000473. The number of likely N-dealkylation sites (N-methyl/N-ethyl adjacent to an activating group) is 2. The number of non-ortho nitro benzene ring substituents is 1. The molecule has 2 aromatic heterocycles. The number of hydrogen-bond donors (Lipinski definition) is 3. The molecule has 3 aromatic carbocycles. The Morgan fingerprint density at radius 1 is 0.815 bits per heavy atom. The first-order valence-corrected chi connectivity index (χ1v) is 20.6. The SMILES string of the molecule is C1CCOC1.CN(C(=O)CCc1cccc(F)c1Cl)[C@H](CO)Cc1ccccn1.CN[C@H](CO)Cc1ccccn1.O=C(CCc1cccc(F)c1F)Oc1ccc([N+](=O)[O-])cc1.S.S. The fourth-order valence-corrected chi connectivity index (χ4v) is 6.00. The fraction of sp³-hybridized carbons (Fsp3) is 0.348. The van der Waals surface area contributed by atoms with Gasteiger partial charge in [-0.3, -0.25) is 29.7 Å². The highest BCUT2D eigenvalue weighted by Gasteiger charge is 2.21. The first kappa shape index (κ1) is 57.9. The summed E-state index contributed by atoms with van der Waals surface area (Å²) in [6, 6.07) is 24.4. The minimum Gasteiger partial charge on any atom is -0.427 e. The van der Waals surface area contributed by atoms with Gasteiger partial charge in [-0.2, -0.15) is 27.0 Å². The Kier molecular flexibility index (Phi) is 29.0. The van der Waals surface area contributed by atoms with Gasteiger partial charge in [-0.25, -0.2) is 13.2 Å². The van der Waals surface area contributed by atoms with Gasteiger partial charge in [0.05, 0.1) is 35.6 Å². The quantitative estimate of drug-likeness (QED) is 0.0386. The van der Waals surface area contributed by atoms with Crippen LogP contribution in [0.4, 0.5) is 18.9 Å². The lowest BCUT2D eigenvalue weighted by atomic mass is 10.1. The minimum absolute atomic E-state index is 0. The smallest absolute Gasteiger partial charge is 0.311 e. The molecule has 1 aliphatic heterocycles. The Bertz CT molecular complexity index is 2120. The van der Waals surface area contributed by atoms with Crippen LogP contribution in [0.15, 0.2) is 109 Å². The molecule has 3 N–H and O–H groups in total. The van der Waals surface area contributed by atoms with Crippen LogP contribution in [0.25, 0.3) is 0 Å². The van der Waals surface area contributed by atoms with Gasteiger partial charge < -0.3 is 29.9 Å². The van der Waals surface area contributed by atoms with Crippen LogP contribution in [0.5, 0.6) is 5.75 Å². The maximum atomic E-state index is 13.4. The van der Waals surface area contributed by atoms with Gasteiger partial charge in [-0.1, -0.05) is 48.0 Å². The lowest BCUT2D eigenvalue weighted by molar-refractivity contribution is -0.384. The largest absolute Gasteiger partial charge is 0.427 e. The monoisotopic (exact) mass is 963 g/mol. The number of benzene rings is 3. The van der Waals surface area contributed by atoms with Crippen LogP contribution in [0.3, 0.4) is 0 Å². The third-order valence-electron chi connectivity index (χ3n) is 9.51. The number of ether oxygens (including phenoxy) is 2. The second-order valence-electron chi connectivity index (χ2n) is 14.0. The van der Waals surface area contributed by atoms with E-state index in [1.54, 1.807) is 31.6 Å². The van der Waals surface area contributed by atoms with E-state index in [-0.39, 0.29) is 99.5 Å². The Morgan fingerprint density at radius 2 is 1.38 bits per heavy atom. The molecule has 0 unspecified atom stereocenters. The van der Waals surface area contributed by atoms with E-state index < -0.39 is 28.3 Å². The number of rotatable bonds is 16. The molecule has 6 rings (SSSR count). The molecule has 13 nitrogen and oxygen atoms in total.